The van der Waals surface area contributed by atoms with Gasteiger partial charge in [-0.05, 0) is 99.5 Å². The van der Waals surface area contributed by atoms with E-state index in [-0.39, 0.29) is 16.9 Å². The maximum absolute atomic E-state index is 12.6. The Hall–Kier alpha value is -0.940. The summed E-state index contributed by atoms with van der Waals surface area (Å²) in [5, 5.41) is 22.9. The Bertz CT molecular complexity index is 816. The summed E-state index contributed by atoms with van der Waals surface area (Å²) >= 11 is 0. The summed E-state index contributed by atoms with van der Waals surface area (Å²) in [5.41, 5.74) is 5.80. The van der Waals surface area contributed by atoms with E-state index in [4.69, 9.17) is 10.5 Å². The van der Waals surface area contributed by atoms with Crippen molar-refractivity contribution in [2.45, 2.75) is 95.4 Å². The van der Waals surface area contributed by atoms with E-state index < -0.39 is 11.2 Å². The second-order valence-corrected chi connectivity index (χ2v) is 11.9. The lowest BCUT2D eigenvalue weighted by Crippen LogP contribution is -2.65. The Labute approximate surface area is 193 Å². The van der Waals surface area contributed by atoms with Crippen molar-refractivity contribution in [3.8, 4) is 0 Å². The minimum atomic E-state index is -0.710. The molecule has 1 aromatic rings. The van der Waals surface area contributed by atoms with Crippen LogP contribution in [0, 0.1) is 28.6 Å². The van der Waals surface area contributed by atoms with E-state index >= 15 is 0 Å². The van der Waals surface area contributed by atoms with Gasteiger partial charge in [-0.3, -0.25) is 0 Å². The Morgan fingerprint density at radius 2 is 1.75 bits per heavy atom. The van der Waals surface area contributed by atoms with E-state index in [2.05, 4.69) is 44.2 Å². The van der Waals surface area contributed by atoms with E-state index in [0.717, 1.165) is 64.2 Å². The number of aliphatic hydroxyl groups excluding tert-OH is 1. The van der Waals surface area contributed by atoms with Crippen LogP contribution in [-0.4, -0.2) is 35.1 Å². The molecule has 0 radical (unpaired) electrons. The number of hydrogen-bond acceptors (Lipinski definition) is 4. The molecule has 0 heterocycles. The highest BCUT2D eigenvalue weighted by atomic mass is 16.5. The first-order chi connectivity index (χ1) is 15.3. The molecule has 4 N–H and O–H groups in total. The number of fused-ring (bicyclic) bond motifs is 5. The maximum atomic E-state index is 12.6. The van der Waals surface area contributed by atoms with Gasteiger partial charge in [0.05, 0.1) is 11.7 Å². The van der Waals surface area contributed by atoms with Crippen LogP contribution in [0.5, 0.6) is 0 Å². The van der Waals surface area contributed by atoms with Crippen LogP contribution in [0.2, 0.25) is 0 Å². The van der Waals surface area contributed by atoms with Gasteiger partial charge in [-0.15, -0.1) is 0 Å². The first kappa shape index (κ1) is 22.8. The van der Waals surface area contributed by atoms with Crippen molar-refractivity contribution in [1.82, 2.24) is 0 Å². The molecule has 0 spiro atoms. The van der Waals surface area contributed by atoms with Gasteiger partial charge in [0.25, 0.3) is 0 Å². The Morgan fingerprint density at radius 3 is 2.50 bits per heavy atom. The zero-order valence-electron chi connectivity index (χ0n) is 20.1. The molecule has 0 aliphatic heterocycles. The number of nitrogens with two attached hydrogens (primary N) is 1. The monoisotopic (exact) mass is 441 g/mol. The van der Waals surface area contributed by atoms with Crippen molar-refractivity contribution in [2.24, 2.45) is 34.3 Å². The molecular weight excluding hydrogens is 398 g/mol. The van der Waals surface area contributed by atoms with Crippen LogP contribution in [0.15, 0.2) is 30.3 Å². The number of ether oxygens (including phenoxy) is 1. The highest BCUT2D eigenvalue weighted by Gasteiger charge is 2.72. The fourth-order valence-corrected chi connectivity index (χ4v) is 9.02. The van der Waals surface area contributed by atoms with Crippen molar-refractivity contribution in [2.75, 3.05) is 13.2 Å². The molecule has 0 amide bonds. The second kappa shape index (κ2) is 8.08. The van der Waals surface area contributed by atoms with E-state index in [1.54, 1.807) is 0 Å². The molecule has 1 aromatic carbocycles. The summed E-state index contributed by atoms with van der Waals surface area (Å²) in [6, 6.07) is 10.7. The van der Waals surface area contributed by atoms with E-state index in [9.17, 15) is 10.2 Å². The molecule has 4 fully saturated rings. The molecule has 4 aliphatic rings. The first-order valence-electron chi connectivity index (χ1n) is 13.1. The van der Waals surface area contributed by atoms with Crippen LogP contribution in [0.3, 0.4) is 0 Å². The van der Waals surface area contributed by atoms with Gasteiger partial charge in [0.15, 0.2) is 0 Å². The van der Waals surface area contributed by atoms with Gasteiger partial charge in [-0.1, -0.05) is 44.2 Å². The zero-order valence-corrected chi connectivity index (χ0v) is 20.1. The maximum Gasteiger partial charge on any atom is 0.101 e. The largest absolute Gasteiger partial charge is 0.393 e. The van der Waals surface area contributed by atoms with E-state index in [0.29, 0.717) is 30.9 Å². The highest BCUT2D eigenvalue weighted by Crippen LogP contribution is 2.72. The number of rotatable bonds is 5. The van der Waals surface area contributed by atoms with Gasteiger partial charge in [0, 0.05) is 12.0 Å². The van der Waals surface area contributed by atoms with Crippen LogP contribution in [0.1, 0.15) is 83.6 Å². The Balaban J connectivity index is 1.52. The molecule has 178 valence electrons. The SMILES string of the molecule is C[C@]12CCC(O)CC1CC[C@@H]1[C@H]2CC[C@]2(C)C(OCCCN)(c3ccccc3)CC[C@@]12O. The summed E-state index contributed by atoms with van der Waals surface area (Å²) in [5.74, 6) is 1.46. The van der Waals surface area contributed by atoms with Gasteiger partial charge in [0.1, 0.15) is 5.60 Å². The third-order valence-corrected chi connectivity index (χ3v) is 10.9. The van der Waals surface area contributed by atoms with Crippen LogP contribution in [0.4, 0.5) is 0 Å². The van der Waals surface area contributed by atoms with Crippen LogP contribution in [0.25, 0.3) is 0 Å². The van der Waals surface area contributed by atoms with Crippen molar-refractivity contribution in [3.63, 3.8) is 0 Å². The smallest absolute Gasteiger partial charge is 0.101 e. The highest BCUT2D eigenvalue weighted by molar-refractivity contribution is 5.33. The standard InChI is InChI=1S/C28H43NO3/c1-25-13-11-22(30)19-21(25)9-10-24-23(25)12-14-26(2)27(24,31)15-16-28(26,32-18-6-17-29)20-7-4-3-5-8-20/h3-5,7-8,21-24,30-31H,6,9-19,29H2,1-2H3/t21?,22?,23-,24-,25+,26+,27-,28?/m1/s1. The van der Waals surface area contributed by atoms with E-state index in [1.165, 1.54) is 5.56 Å². The normalized spacial score (nSPS) is 48.0. The van der Waals surface area contributed by atoms with Gasteiger partial charge < -0.3 is 20.7 Å². The lowest BCUT2D eigenvalue weighted by molar-refractivity contribution is -0.248. The molecule has 4 aliphatic carbocycles. The molecule has 0 aromatic heterocycles. The topological polar surface area (TPSA) is 75.7 Å². The predicted octanol–water partition coefficient (Wildman–Crippen LogP) is 4.77. The molecule has 0 bridgehead atoms. The van der Waals surface area contributed by atoms with Crippen molar-refractivity contribution in [1.29, 1.82) is 0 Å². The molecule has 3 unspecified atom stereocenters. The fraction of sp³-hybridized carbons (Fsp3) is 0.786. The molecule has 4 nitrogen and oxygen atoms in total. The summed E-state index contributed by atoms with van der Waals surface area (Å²) in [6.45, 7) is 6.07. The summed E-state index contributed by atoms with van der Waals surface area (Å²) in [6.07, 6.45) is 9.73. The lowest BCUT2D eigenvalue weighted by Gasteiger charge is -2.64. The average Bonchev–Trinajstić information content (AvgIpc) is 3.03. The molecule has 8 atom stereocenters. The predicted molar refractivity (Wildman–Crippen MR) is 127 cm³/mol. The zero-order chi connectivity index (χ0) is 22.6. The third kappa shape index (κ3) is 3.02. The summed E-state index contributed by atoms with van der Waals surface area (Å²) in [4.78, 5) is 0. The summed E-state index contributed by atoms with van der Waals surface area (Å²) in [7, 11) is 0. The second-order valence-electron chi connectivity index (χ2n) is 11.9. The lowest BCUT2D eigenvalue weighted by atomic mass is 9.42. The van der Waals surface area contributed by atoms with Crippen LogP contribution >= 0.6 is 0 Å². The molecule has 5 rings (SSSR count). The summed E-state index contributed by atoms with van der Waals surface area (Å²) < 4.78 is 6.81. The van der Waals surface area contributed by atoms with Gasteiger partial charge in [-0.2, -0.15) is 0 Å². The number of aliphatic hydroxyl groups is 2. The first-order valence-corrected chi connectivity index (χ1v) is 13.1. The molecular formula is C28H43NO3. The quantitative estimate of drug-likeness (QED) is 0.576. The van der Waals surface area contributed by atoms with Gasteiger partial charge in [-0.25, -0.2) is 0 Å². The van der Waals surface area contributed by atoms with Crippen molar-refractivity contribution in [3.05, 3.63) is 35.9 Å². The van der Waals surface area contributed by atoms with Gasteiger partial charge in [0.2, 0.25) is 0 Å². The molecule has 4 saturated carbocycles. The van der Waals surface area contributed by atoms with Crippen LogP contribution in [-0.2, 0) is 10.3 Å². The number of benzene rings is 1. The fourth-order valence-electron chi connectivity index (χ4n) is 9.02. The minimum absolute atomic E-state index is 0.130. The number of hydrogen-bond donors (Lipinski definition) is 3. The van der Waals surface area contributed by atoms with Crippen molar-refractivity contribution < 1.29 is 14.9 Å². The third-order valence-electron chi connectivity index (χ3n) is 10.9. The van der Waals surface area contributed by atoms with E-state index in [1.807, 2.05) is 0 Å². The van der Waals surface area contributed by atoms with Gasteiger partial charge >= 0.3 is 0 Å². The average molecular weight is 442 g/mol. The van der Waals surface area contributed by atoms with Crippen molar-refractivity contribution >= 4 is 0 Å². The molecule has 32 heavy (non-hydrogen) atoms. The Morgan fingerprint density at radius 1 is 0.969 bits per heavy atom. The Kier molecular flexibility index (Phi) is 5.76. The van der Waals surface area contributed by atoms with Crippen LogP contribution < -0.4 is 5.73 Å². The minimum Gasteiger partial charge on any atom is -0.393 e. The molecule has 0 saturated heterocycles. The molecule has 4 heteroatoms.